The number of carbonyl (C=O) groups excluding carboxylic acids is 2. The van der Waals surface area contributed by atoms with Crippen LogP contribution in [-0.4, -0.2) is 55.5 Å². The Morgan fingerprint density at radius 1 is 1.03 bits per heavy atom. The Morgan fingerprint density at radius 2 is 1.76 bits per heavy atom. The van der Waals surface area contributed by atoms with Gasteiger partial charge in [-0.15, -0.1) is 0 Å². The molecule has 2 aliphatic heterocycles. The van der Waals surface area contributed by atoms with Crippen molar-refractivity contribution in [3.8, 4) is 0 Å². The Bertz CT molecular complexity index is 907. The summed E-state index contributed by atoms with van der Waals surface area (Å²) in [7, 11) is 0. The summed E-state index contributed by atoms with van der Waals surface area (Å²) in [5.74, 6) is 0.272. The second-order valence-corrected chi connectivity index (χ2v) is 9.21. The maximum atomic E-state index is 12.6. The zero-order chi connectivity index (χ0) is 23.0. The summed E-state index contributed by atoms with van der Waals surface area (Å²) in [6.07, 6.45) is 4.99. The first-order chi connectivity index (χ1) is 16.1. The average Bonchev–Trinajstić information content (AvgIpc) is 3.27. The smallest absolute Gasteiger partial charge is 0.251 e. The van der Waals surface area contributed by atoms with Gasteiger partial charge < -0.3 is 20.4 Å². The van der Waals surface area contributed by atoms with Crippen LogP contribution in [0.5, 0.6) is 0 Å². The van der Waals surface area contributed by atoms with E-state index in [9.17, 15) is 9.59 Å². The molecule has 33 heavy (non-hydrogen) atoms. The van der Waals surface area contributed by atoms with Gasteiger partial charge in [-0.3, -0.25) is 9.59 Å². The van der Waals surface area contributed by atoms with E-state index in [1.54, 1.807) is 0 Å². The molecular formula is C27H36N4O2. The summed E-state index contributed by atoms with van der Waals surface area (Å²) in [4.78, 5) is 28.7. The van der Waals surface area contributed by atoms with Gasteiger partial charge in [-0.25, -0.2) is 0 Å². The highest BCUT2D eigenvalue weighted by Gasteiger charge is 2.21. The fourth-order valence-corrected chi connectivity index (χ4v) is 4.79. The number of hydrogen-bond acceptors (Lipinski definition) is 4. The molecule has 2 saturated heterocycles. The van der Waals surface area contributed by atoms with Gasteiger partial charge in [0.15, 0.2) is 0 Å². The minimum Gasteiger partial charge on any atom is -0.371 e. The van der Waals surface area contributed by atoms with Crippen molar-refractivity contribution in [1.29, 1.82) is 0 Å². The summed E-state index contributed by atoms with van der Waals surface area (Å²) >= 11 is 0. The Balaban J connectivity index is 1.18. The number of nitrogens with zero attached hydrogens (tertiary/aromatic N) is 2. The fourth-order valence-electron chi connectivity index (χ4n) is 4.79. The SMILES string of the molecule is CC(NC(=O)c1ccc(N2CCC(NCCCN3CCCC3=O)CC2)cc1)c1ccccc1. The second kappa shape index (κ2) is 11.3. The van der Waals surface area contributed by atoms with E-state index >= 15 is 0 Å². The van der Waals surface area contributed by atoms with E-state index < -0.39 is 0 Å². The largest absolute Gasteiger partial charge is 0.371 e. The lowest BCUT2D eigenvalue weighted by Crippen LogP contribution is -2.43. The molecule has 4 rings (SSSR count). The normalized spacial score (nSPS) is 17.9. The lowest BCUT2D eigenvalue weighted by molar-refractivity contribution is -0.127. The molecule has 1 unspecified atom stereocenters. The monoisotopic (exact) mass is 448 g/mol. The molecule has 0 aliphatic carbocycles. The number of piperidine rings is 1. The van der Waals surface area contributed by atoms with Crippen LogP contribution in [-0.2, 0) is 4.79 Å². The van der Waals surface area contributed by atoms with Crippen molar-refractivity contribution in [2.75, 3.05) is 37.6 Å². The van der Waals surface area contributed by atoms with Gasteiger partial charge in [-0.05, 0) is 69.0 Å². The molecule has 176 valence electrons. The fraction of sp³-hybridized carbons (Fsp3) is 0.481. The summed E-state index contributed by atoms with van der Waals surface area (Å²) in [5.41, 5.74) is 2.96. The summed E-state index contributed by atoms with van der Waals surface area (Å²) < 4.78 is 0. The van der Waals surface area contributed by atoms with Crippen molar-refractivity contribution in [2.45, 2.75) is 51.1 Å². The number of amides is 2. The third-order valence-corrected chi connectivity index (χ3v) is 6.85. The first kappa shape index (κ1) is 23.3. The molecule has 1 atom stereocenters. The van der Waals surface area contributed by atoms with Crippen LogP contribution >= 0.6 is 0 Å². The molecule has 6 nitrogen and oxygen atoms in total. The zero-order valence-corrected chi connectivity index (χ0v) is 19.6. The van der Waals surface area contributed by atoms with E-state index in [0.29, 0.717) is 17.5 Å². The van der Waals surface area contributed by atoms with E-state index in [1.807, 2.05) is 54.3 Å². The first-order valence-corrected chi connectivity index (χ1v) is 12.3. The molecule has 2 aliphatic rings. The Morgan fingerprint density at radius 3 is 2.42 bits per heavy atom. The molecule has 2 aromatic carbocycles. The minimum absolute atomic E-state index is 0.0271. The standard InChI is InChI=1S/C27H36N4O2/c1-21(22-7-3-2-4-8-22)29-27(33)23-10-12-25(13-11-23)30-19-14-24(15-20-30)28-16-6-18-31-17-5-9-26(31)32/h2-4,7-8,10-13,21,24,28H,5-6,9,14-20H2,1H3,(H,29,33). The predicted octanol–water partition coefficient (Wildman–Crippen LogP) is 3.75. The van der Waals surface area contributed by atoms with Crippen LogP contribution in [0.3, 0.4) is 0 Å². The molecule has 2 aromatic rings. The third-order valence-electron chi connectivity index (χ3n) is 6.85. The van der Waals surface area contributed by atoms with Crippen LogP contribution in [0, 0.1) is 0 Å². The quantitative estimate of drug-likeness (QED) is 0.574. The van der Waals surface area contributed by atoms with Crippen LogP contribution in [0.15, 0.2) is 54.6 Å². The molecule has 2 amide bonds. The average molecular weight is 449 g/mol. The number of carbonyl (C=O) groups is 2. The maximum Gasteiger partial charge on any atom is 0.251 e. The summed E-state index contributed by atoms with van der Waals surface area (Å²) in [6.45, 7) is 6.82. The number of nitrogens with one attached hydrogen (secondary N) is 2. The lowest BCUT2D eigenvalue weighted by atomic mass is 10.0. The van der Waals surface area contributed by atoms with Crippen molar-refractivity contribution < 1.29 is 9.59 Å². The van der Waals surface area contributed by atoms with E-state index in [-0.39, 0.29) is 11.9 Å². The van der Waals surface area contributed by atoms with Crippen molar-refractivity contribution in [3.05, 3.63) is 65.7 Å². The Hall–Kier alpha value is -2.86. The Kier molecular flexibility index (Phi) is 8.00. The molecule has 2 heterocycles. The predicted molar refractivity (Wildman–Crippen MR) is 132 cm³/mol. The van der Waals surface area contributed by atoms with E-state index in [0.717, 1.165) is 70.4 Å². The highest BCUT2D eigenvalue weighted by molar-refractivity contribution is 5.94. The van der Waals surface area contributed by atoms with Crippen LogP contribution in [0.25, 0.3) is 0 Å². The highest BCUT2D eigenvalue weighted by atomic mass is 16.2. The van der Waals surface area contributed by atoms with Gasteiger partial charge in [0.1, 0.15) is 0 Å². The Labute approximate surface area is 197 Å². The second-order valence-electron chi connectivity index (χ2n) is 9.21. The number of likely N-dealkylation sites (tertiary alicyclic amines) is 1. The van der Waals surface area contributed by atoms with Gasteiger partial charge in [-0.2, -0.15) is 0 Å². The van der Waals surface area contributed by atoms with Crippen molar-refractivity contribution in [2.24, 2.45) is 0 Å². The van der Waals surface area contributed by atoms with Crippen LogP contribution in [0.4, 0.5) is 5.69 Å². The molecule has 6 heteroatoms. The topological polar surface area (TPSA) is 64.7 Å². The highest BCUT2D eigenvalue weighted by Crippen LogP contribution is 2.21. The molecule has 0 aromatic heterocycles. The molecule has 0 radical (unpaired) electrons. The lowest BCUT2D eigenvalue weighted by Gasteiger charge is -2.34. The maximum absolute atomic E-state index is 12.6. The molecule has 2 fully saturated rings. The zero-order valence-electron chi connectivity index (χ0n) is 19.6. The minimum atomic E-state index is -0.0450. The van der Waals surface area contributed by atoms with Crippen molar-refractivity contribution in [1.82, 2.24) is 15.5 Å². The summed E-state index contributed by atoms with van der Waals surface area (Å²) in [5, 5.41) is 6.75. The van der Waals surface area contributed by atoms with E-state index in [4.69, 9.17) is 0 Å². The number of hydrogen-bond donors (Lipinski definition) is 2. The molecular weight excluding hydrogens is 412 g/mol. The number of anilines is 1. The van der Waals surface area contributed by atoms with Gasteiger partial charge in [0.2, 0.25) is 5.91 Å². The van der Waals surface area contributed by atoms with Gasteiger partial charge in [-0.1, -0.05) is 30.3 Å². The number of benzene rings is 2. The van der Waals surface area contributed by atoms with Gasteiger partial charge in [0.25, 0.3) is 5.91 Å². The molecule has 2 N–H and O–H groups in total. The van der Waals surface area contributed by atoms with Gasteiger partial charge >= 0.3 is 0 Å². The van der Waals surface area contributed by atoms with Gasteiger partial charge in [0, 0.05) is 49.9 Å². The van der Waals surface area contributed by atoms with E-state index in [2.05, 4.69) is 27.7 Å². The van der Waals surface area contributed by atoms with Crippen LogP contribution in [0.2, 0.25) is 0 Å². The molecule has 0 bridgehead atoms. The first-order valence-electron chi connectivity index (χ1n) is 12.3. The molecule has 0 saturated carbocycles. The van der Waals surface area contributed by atoms with Gasteiger partial charge in [0.05, 0.1) is 6.04 Å². The third kappa shape index (κ3) is 6.35. The van der Waals surface area contributed by atoms with Crippen LogP contribution in [0.1, 0.15) is 61.0 Å². The van der Waals surface area contributed by atoms with Crippen molar-refractivity contribution >= 4 is 17.5 Å². The summed E-state index contributed by atoms with van der Waals surface area (Å²) in [6, 6.07) is 18.5. The molecule has 0 spiro atoms. The van der Waals surface area contributed by atoms with Crippen molar-refractivity contribution in [3.63, 3.8) is 0 Å². The van der Waals surface area contributed by atoms with E-state index in [1.165, 1.54) is 5.69 Å². The number of rotatable bonds is 9. The van der Waals surface area contributed by atoms with Crippen LogP contribution < -0.4 is 15.5 Å².